The Balaban J connectivity index is 1.51. The lowest BCUT2D eigenvalue weighted by atomic mass is 10.0. The molecule has 0 bridgehead atoms. The molecule has 2 amide bonds. The van der Waals surface area contributed by atoms with Gasteiger partial charge in [0.1, 0.15) is 6.26 Å². The Hall–Kier alpha value is -2.08. The van der Waals surface area contributed by atoms with E-state index in [2.05, 4.69) is 5.32 Å². The predicted molar refractivity (Wildman–Crippen MR) is 79.4 cm³/mol. The standard InChI is InChI=1S/C15H16N2O3S/c18-14(12-4-8-21-10-12)16-13-1-5-17(6-2-13)15(19)11-3-7-20-9-11/h3-4,7-10,13H,1-2,5-6H2,(H,16,18). The first-order chi connectivity index (χ1) is 10.2. The second-order valence-electron chi connectivity index (χ2n) is 5.06. The second kappa shape index (κ2) is 6.13. The number of hydrogen-bond donors (Lipinski definition) is 1. The number of carbonyl (C=O) groups is 2. The van der Waals surface area contributed by atoms with E-state index in [4.69, 9.17) is 4.42 Å². The summed E-state index contributed by atoms with van der Waals surface area (Å²) in [5.41, 5.74) is 1.28. The normalized spacial score (nSPS) is 15.9. The fourth-order valence-corrected chi connectivity index (χ4v) is 3.09. The van der Waals surface area contributed by atoms with E-state index < -0.39 is 0 Å². The summed E-state index contributed by atoms with van der Waals surface area (Å²) >= 11 is 1.51. The Labute approximate surface area is 126 Å². The zero-order valence-corrected chi connectivity index (χ0v) is 12.3. The molecule has 1 fully saturated rings. The lowest BCUT2D eigenvalue weighted by molar-refractivity contribution is 0.0697. The molecule has 110 valence electrons. The molecule has 6 heteroatoms. The summed E-state index contributed by atoms with van der Waals surface area (Å²) in [7, 11) is 0. The fraction of sp³-hybridized carbons (Fsp3) is 0.333. The molecule has 21 heavy (non-hydrogen) atoms. The number of hydrogen-bond acceptors (Lipinski definition) is 4. The highest BCUT2D eigenvalue weighted by molar-refractivity contribution is 7.08. The zero-order valence-electron chi connectivity index (χ0n) is 11.5. The van der Waals surface area contributed by atoms with Crippen molar-refractivity contribution in [2.45, 2.75) is 18.9 Å². The van der Waals surface area contributed by atoms with Gasteiger partial charge in [-0.25, -0.2) is 0 Å². The minimum atomic E-state index is -0.0316. The van der Waals surface area contributed by atoms with Crippen molar-refractivity contribution >= 4 is 23.2 Å². The summed E-state index contributed by atoms with van der Waals surface area (Å²) in [6, 6.07) is 3.62. The van der Waals surface area contributed by atoms with Gasteiger partial charge in [0, 0.05) is 30.1 Å². The molecule has 3 heterocycles. The molecule has 0 aliphatic carbocycles. The van der Waals surface area contributed by atoms with Gasteiger partial charge in [0.15, 0.2) is 0 Å². The smallest absolute Gasteiger partial charge is 0.257 e. The van der Waals surface area contributed by atoms with Crippen LogP contribution in [0.3, 0.4) is 0 Å². The molecule has 0 aromatic carbocycles. The molecule has 2 aromatic rings. The fourth-order valence-electron chi connectivity index (χ4n) is 2.46. The number of furan rings is 1. The summed E-state index contributed by atoms with van der Waals surface area (Å²) in [5, 5.41) is 6.76. The molecule has 0 spiro atoms. The second-order valence-corrected chi connectivity index (χ2v) is 5.84. The van der Waals surface area contributed by atoms with Crippen LogP contribution in [-0.4, -0.2) is 35.8 Å². The summed E-state index contributed by atoms with van der Waals surface area (Å²) in [6.07, 6.45) is 4.52. The van der Waals surface area contributed by atoms with Gasteiger partial charge in [-0.2, -0.15) is 11.3 Å². The average molecular weight is 304 g/mol. The number of carbonyl (C=O) groups excluding carboxylic acids is 2. The minimum absolute atomic E-state index is 0.00800. The Morgan fingerprint density at radius 2 is 2.05 bits per heavy atom. The summed E-state index contributed by atoms with van der Waals surface area (Å²) in [6.45, 7) is 1.30. The summed E-state index contributed by atoms with van der Waals surface area (Å²) < 4.78 is 4.94. The molecule has 0 saturated carbocycles. The van der Waals surface area contributed by atoms with Crippen LogP contribution in [0, 0.1) is 0 Å². The highest BCUT2D eigenvalue weighted by Gasteiger charge is 2.25. The van der Waals surface area contributed by atoms with Crippen molar-refractivity contribution in [3.63, 3.8) is 0 Å². The number of thiophene rings is 1. The highest BCUT2D eigenvalue weighted by atomic mass is 32.1. The van der Waals surface area contributed by atoms with Crippen molar-refractivity contribution in [2.75, 3.05) is 13.1 Å². The van der Waals surface area contributed by atoms with Crippen molar-refractivity contribution in [2.24, 2.45) is 0 Å². The first-order valence-electron chi connectivity index (χ1n) is 6.88. The van der Waals surface area contributed by atoms with Crippen LogP contribution in [-0.2, 0) is 0 Å². The van der Waals surface area contributed by atoms with Crippen LogP contribution in [0.5, 0.6) is 0 Å². The van der Waals surface area contributed by atoms with E-state index in [1.54, 1.807) is 11.0 Å². The quantitative estimate of drug-likeness (QED) is 0.947. The lowest BCUT2D eigenvalue weighted by Crippen LogP contribution is -2.46. The topological polar surface area (TPSA) is 62.6 Å². The largest absolute Gasteiger partial charge is 0.472 e. The van der Waals surface area contributed by atoms with Crippen LogP contribution in [0.1, 0.15) is 33.6 Å². The van der Waals surface area contributed by atoms with Crippen LogP contribution >= 0.6 is 11.3 Å². The Morgan fingerprint density at radius 3 is 2.67 bits per heavy atom. The van der Waals surface area contributed by atoms with Crippen LogP contribution in [0.25, 0.3) is 0 Å². The Morgan fingerprint density at radius 1 is 1.24 bits per heavy atom. The number of piperidine rings is 1. The predicted octanol–water partition coefficient (Wildman–Crippen LogP) is 2.38. The van der Waals surface area contributed by atoms with Gasteiger partial charge in [-0.1, -0.05) is 0 Å². The molecule has 1 saturated heterocycles. The van der Waals surface area contributed by atoms with Crippen LogP contribution in [0.15, 0.2) is 39.8 Å². The van der Waals surface area contributed by atoms with Gasteiger partial charge in [-0.3, -0.25) is 9.59 Å². The van der Waals surface area contributed by atoms with Gasteiger partial charge in [-0.05, 0) is 30.4 Å². The molecule has 0 radical (unpaired) electrons. The lowest BCUT2D eigenvalue weighted by Gasteiger charge is -2.32. The van der Waals surface area contributed by atoms with Gasteiger partial charge in [-0.15, -0.1) is 0 Å². The maximum absolute atomic E-state index is 12.2. The van der Waals surface area contributed by atoms with Gasteiger partial charge in [0.25, 0.3) is 11.8 Å². The summed E-state index contributed by atoms with van der Waals surface area (Å²) in [5.74, 6) is -0.0396. The molecule has 1 N–H and O–H groups in total. The number of amides is 2. The van der Waals surface area contributed by atoms with Gasteiger partial charge in [0.2, 0.25) is 0 Å². The van der Waals surface area contributed by atoms with E-state index in [1.165, 1.54) is 23.9 Å². The highest BCUT2D eigenvalue weighted by Crippen LogP contribution is 2.15. The average Bonchev–Trinajstić information content (AvgIpc) is 3.20. The number of nitrogens with zero attached hydrogens (tertiary/aromatic N) is 1. The van der Waals surface area contributed by atoms with Crippen molar-refractivity contribution in [3.05, 3.63) is 46.5 Å². The molecule has 5 nitrogen and oxygen atoms in total. The third-order valence-corrected chi connectivity index (χ3v) is 4.35. The van der Waals surface area contributed by atoms with Crippen LogP contribution in [0.4, 0.5) is 0 Å². The molecular weight excluding hydrogens is 288 g/mol. The van der Waals surface area contributed by atoms with E-state index >= 15 is 0 Å². The Kier molecular flexibility index (Phi) is 4.06. The molecule has 1 aliphatic rings. The molecule has 0 unspecified atom stereocenters. The van der Waals surface area contributed by atoms with Gasteiger partial charge in [0.05, 0.1) is 11.8 Å². The van der Waals surface area contributed by atoms with Gasteiger partial charge < -0.3 is 14.6 Å². The van der Waals surface area contributed by atoms with Crippen LogP contribution < -0.4 is 5.32 Å². The Bertz CT molecular complexity index is 599. The first-order valence-corrected chi connectivity index (χ1v) is 7.83. The van der Waals surface area contributed by atoms with E-state index in [0.717, 1.165) is 12.8 Å². The van der Waals surface area contributed by atoms with Crippen molar-refractivity contribution in [3.8, 4) is 0 Å². The maximum atomic E-state index is 12.2. The monoisotopic (exact) mass is 304 g/mol. The SMILES string of the molecule is O=C(NC1CCN(C(=O)c2ccoc2)CC1)c1ccsc1. The van der Waals surface area contributed by atoms with Gasteiger partial charge >= 0.3 is 0 Å². The van der Waals surface area contributed by atoms with E-state index in [9.17, 15) is 9.59 Å². The van der Waals surface area contributed by atoms with Crippen LogP contribution in [0.2, 0.25) is 0 Å². The molecule has 0 atom stereocenters. The molecule has 1 aliphatic heterocycles. The van der Waals surface area contributed by atoms with Crippen molar-refractivity contribution in [1.29, 1.82) is 0 Å². The van der Waals surface area contributed by atoms with Crippen molar-refractivity contribution < 1.29 is 14.0 Å². The van der Waals surface area contributed by atoms with E-state index in [0.29, 0.717) is 24.2 Å². The maximum Gasteiger partial charge on any atom is 0.257 e. The van der Waals surface area contributed by atoms with E-state index in [1.807, 2.05) is 16.8 Å². The minimum Gasteiger partial charge on any atom is -0.472 e. The molecular formula is C15H16N2O3S. The summed E-state index contributed by atoms with van der Waals surface area (Å²) in [4.78, 5) is 25.9. The third-order valence-electron chi connectivity index (χ3n) is 3.67. The molecule has 2 aromatic heterocycles. The number of nitrogens with one attached hydrogen (secondary N) is 1. The van der Waals surface area contributed by atoms with Crippen molar-refractivity contribution in [1.82, 2.24) is 10.2 Å². The van der Waals surface area contributed by atoms with E-state index in [-0.39, 0.29) is 17.9 Å². The number of likely N-dealkylation sites (tertiary alicyclic amines) is 1. The number of rotatable bonds is 3. The third kappa shape index (κ3) is 3.16. The first kappa shape index (κ1) is 13.9. The molecule has 3 rings (SSSR count). The zero-order chi connectivity index (χ0) is 14.7.